The molecule has 0 unspecified atom stereocenters. The standard InChI is InChI=1S/C46H76NO10/c1-10-21-47(22-11-2,23-12-3)24-15-18-40(48)57-39-17-14-16-32(13-4)55-41(49)28-37-34-20-19-31-25-33(26-35(31)36(34)27-38(37)42(50)29(39)5)56-46-45(53-9)44(52-8)43(51-7)30(6)54-46/h19-20,27,29-37,39,43-46H,10-18,21-26,28H2,1-9H3/q+1/t29-,30+,31-,32+,33-,34-,35-,36-,37+,39+,43+,44-,45-,46+/m1/s1. The fourth-order valence-electron chi connectivity index (χ4n) is 11.3. The molecule has 0 N–H and O–H groups in total. The van der Waals surface area contributed by atoms with Gasteiger partial charge in [0, 0.05) is 33.7 Å². The third-order valence-corrected chi connectivity index (χ3v) is 14.0. The minimum absolute atomic E-state index is 0.00141. The van der Waals surface area contributed by atoms with Gasteiger partial charge in [-0.2, -0.15) is 0 Å². The smallest absolute Gasteiger partial charge is 0.306 e. The third-order valence-electron chi connectivity index (χ3n) is 14.0. The summed E-state index contributed by atoms with van der Waals surface area (Å²) in [5.74, 6) is -0.712. The molecule has 0 spiro atoms. The predicted molar refractivity (Wildman–Crippen MR) is 218 cm³/mol. The van der Waals surface area contributed by atoms with Crippen molar-refractivity contribution in [2.24, 2.45) is 35.5 Å². The fourth-order valence-corrected chi connectivity index (χ4v) is 11.3. The first kappa shape index (κ1) is 45.9. The maximum absolute atomic E-state index is 14.7. The number of cyclic esters (lactones) is 1. The number of Topliss-reactive ketones (excluding diaryl/α,β-unsaturated/α-hetero) is 1. The first-order valence-electron chi connectivity index (χ1n) is 22.5. The first-order valence-corrected chi connectivity index (χ1v) is 22.5. The number of fused-ring (bicyclic) bond motifs is 5. The highest BCUT2D eigenvalue weighted by molar-refractivity contribution is 5.99. The number of quaternary nitrogens is 1. The molecular formula is C46H76NO10+. The number of carbonyl (C=O) groups excluding carboxylic acids is 3. The molecule has 11 heteroatoms. The summed E-state index contributed by atoms with van der Waals surface area (Å²) < 4.78 is 43.8. The van der Waals surface area contributed by atoms with E-state index in [2.05, 4.69) is 39.0 Å². The van der Waals surface area contributed by atoms with Crippen LogP contribution in [0, 0.1) is 35.5 Å². The molecule has 1 saturated carbocycles. The number of hydrogen-bond donors (Lipinski definition) is 0. The van der Waals surface area contributed by atoms with Gasteiger partial charge in [-0.25, -0.2) is 0 Å². The van der Waals surface area contributed by atoms with Crippen LogP contribution in [-0.2, 0) is 47.5 Å². The number of esters is 2. The van der Waals surface area contributed by atoms with Crippen LogP contribution in [0.1, 0.15) is 119 Å². The van der Waals surface area contributed by atoms with E-state index in [1.165, 1.54) is 0 Å². The van der Waals surface area contributed by atoms with Gasteiger partial charge in [0.05, 0.1) is 57.1 Å². The van der Waals surface area contributed by atoms with E-state index in [1.54, 1.807) is 21.3 Å². The van der Waals surface area contributed by atoms with Crippen molar-refractivity contribution in [1.29, 1.82) is 0 Å². The Bertz CT molecular complexity index is 1370. The molecule has 2 heterocycles. The zero-order valence-electron chi connectivity index (χ0n) is 36.7. The number of methoxy groups -OCH3 is 3. The molecular weight excluding hydrogens is 727 g/mol. The molecule has 2 saturated heterocycles. The SMILES string of the molecule is CCC[N+](CCC)(CCC)CCCC(=O)O[C@H]1CCC[C@H](CC)OC(=O)C[C@@H]2C(=C[C@@H]3[C@H]2C=C[C@@H]2C[C@@H](O[C@@H]4O[C@@H](C)[C@H](OC)[C@@H](OC)[C@H]4OC)C[C@@H]32)C(=O)[C@@H]1C. The molecule has 57 heavy (non-hydrogen) atoms. The van der Waals surface area contributed by atoms with Gasteiger partial charge in [-0.05, 0) is 94.0 Å². The summed E-state index contributed by atoms with van der Waals surface area (Å²) >= 11 is 0. The number of carbonyl (C=O) groups is 3. The Morgan fingerprint density at radius 2 is 1.53 bits per heavy atom. The van der Waals surface area contributed by atoms with Gasteiger partial charge in [-0.15, -0.1) is 0 Å². The van der Waals surface area contributed by atoms with Gasteiger partial charge in [-0.3, -0.25) is 14.4 Å². The summed E-state index contributed by atoms with van der Waals surface area (Å²) in [6, 6.07) is 0. The second-order valence-electron chi connectivity index (χ2n) is 17.8. The van der Waals surface area contributed by atoms with Crippen molar-refractivity contribution < 1.29 is 52.0 Å². The molecule has 14 atom stereocenters. The molecule has 324 valence electrons. The molecule has 3 aliphatic carbocycles. The molecule has 0 aromatic heterocycles. The van der Waals surface area contributed by atoms with E-state index in [0.717, 1.165) is 69.2 Å². The van der Waals surface area contributed by atoms with Crippen molar-refractivity contribution in [1.82, 2.24) is 0 Å². The summed E-state index contributed by atoms with van der Waals surface area (Å²) in [7, 11) is 4.95. The van der Waals surface area contributed by atoms with E-state index < -0.39 is 24.4 Å². The van der Waals surface area contributed by atoms with Crippen LogP contribution in [-0.4, -0.2) is 119 Å². The van der Waals surface area contributed by atoms with E-state index in [0.29, 0.717) is 37.7 Å². The maximum atomic E-state index is 14.7. The van der Waals surface area contributed by atoms with Crippen molar-refractivity contribution in [3.63, 3.8) is 0 Å². The van der Waals surface area contributed by atoms with Crippen molar-refractivity contribution in [3.8, 4) is 0 Å². The summed E-state index contributed by atoms with van der Waals surface area (Å²) in [4.78, 5) is 41.8. The van der Waals surface area contributed by atoms with E-state index in [1.807, 2.05) is 20.8 Å². The molecule has 0 amide bonds. The average Bonchev–Trinajstić information content (AvgIpc) is 3.77. The summed E-state index contributed by atoms with van der Waals surface area (Å²) in [6.07, 6.45) is 12.9. The minimum Gasteiger partial charge on any atom is -0.462 e. The molecule has 0 aromatic carbocycles. The number of ether oxygens (including phenoxy) is 7. The second-order valence-corrected chi connectivity index (χ2v) is 17.8. The van der Waals surface area contributed by atoms with Gasteiger partial charge in [0.1, 0.15) is 30.5 Å². The molecule has 0 aromatic rings. The van der Waals surface area contributed by atoms with Gasteiger partial charge in [0.2, 0.25) is 0 Å². The van der Waals surface area contributed by atoms with Crippen molar-refractivity contribution in [2.45, 2.75) is 168 Å². The van der Waals surface area contributed by atoms with Crippen LogP contribution in [0.25, 0.3) is 0 Å². The average molecular weight is 803 g/mol. The van der Waals surface area contributed by atoms with Crippen molar-refractivity contribution in [2.75, 3.05) is 47.5 Å². The summed E-state index contributed by atoms with van der Waals surface area (Å²) in [6.45, 7) is 17.0. The highest BCUT2D eigenvalue weighted by Gasteiger charge is 2.52. The van der Waals surface area contributed by atoms with Crippen LogP contribution in [0.3, 0.4) is 0 Å². The summed E-state index contributed by atoms with van der Waals surface area (Å²) in [5.41, 5.74) is 0.692. The van der Waals surface area contributed by atoms with Crippen LogP contribution < -0.4 is 0 Å². The lowest BCUT2D eigenvalue weighted by Gasteiger charge is -2.44. The normalized spacial score (nSPS) is 37.3. The number of ketones is 1. The number of allylic oxidation sites excluding steroid dienone is 4. The van der Waals surface area contributed by atoms with E-state index >= 15 is 0 Å². The molecule has 5 aliphatic rings. The van der Waals surface area contributed by atoms with Crippen LogP contribution >= 0.6 is 0 Å². The van der Waals surface area contributed by atoms with Crippen LogP contribution in [0.4, 0.5) is 0 Å². The predicted octanol–water partition coefficient (Wildman–Crippen LogP) is 7.39. The Morgan fingerprint density at radius 1 is 0.842 bits per heavy atom. The van der Waals surface area contributed by atoms with Crippen LogP contribution in [0.15, 0.2) is 23.8 Å². The number of nitrogens with zero attached hydrogens (tertiary/aromatic N) is 1. The molecule has 5 rings (SSSR count). The zero-order chi connectivity index (χ0) is 41.3. The van der Waals surface area contributed by atoms with Gasteiger partial charge in [-0.1, -0.05) is 52.8 Å². The first-order chi connectivity index (χ1) is 27.5. The third kappa shape index (κ3) is 10.8. The van der Waals surface area contributed by atoms with Gasteiger partial charge in [0.15, 0.2) is 12.1 Å². The molecule has 2 aliphatic heterocycles. The fraction of sp³-hybridized carbons (Fsp3) is 0.848. The monoisotopic (exact) mass is 803 g/mol. The molecule has 0 radical (unpaired) electrons. The quantitative estimate of drug-likeness (QED) is 0.0838. The van der Waals surface area contributed by atoms with Crippen LogP contribution in [0.2, 0.25) is 0 Å². The minimum atomic E-state index is -0.614. The number of rotatable bonds is 17. The van der Waals surface area contributed by atoms with Crippen molar-refractivity contribution >= 4 is 17.7 Å². The number of hydrogen-bond acceptors (Lipinski definition) is 10. The Balaban J connectivity index is 1.32. The molecule has 3 fully saturated rings. The Hall–Kier alpha value is -2.15. The van der Waals surface area contributed by atoms with E-state index in [9.17, 15) is 14.4 Å². The Morgan fingerprint density at radius 3 is 2.16 bits per heavy atom. The largest absolute Gasteiger partial charge is 0.462 e. The van der Waals surface area contributed by atoms with Gasteiger partial charge in [0.25, 0.3) is 0 Å². The van der Waals surface area contributed by atoms with Gasteiger partial charge < -0.3 is 37.6 Å². The van der Waals surface area contributed by atoms with Crippen molar-refractivity contribution in [3.05, 3.63) is 23.8 Å². The van der Waals surface area contributed by atoms with E-state index in [4.69, 9.17) is 33.2 Å². The molecule has 11 nitrogen and oxygen atoms in total. The summed E-state index contributed by atoms with van der Waals surface area (Å²) in [5, 5.41) is 0. The highest BCUT2D eigenvalue weighted by atomic mass is 16.7. The van der Waals surface area contributed by atoms with E-state index in [-0.39, 0.29) is 84.3 Å². The lowest BCUT2D eigenvalue weighted by atomic mass is 9.70. The lowest BCUT2D eigenvalue weighted by molar-refractivity contribution is -0.928. The molecule has 0 bridgehead atoms. The Labute approximate surface area is 343 Å². The van der Waals surface area contributed by atoms with Crippen LogP contribution in [0.5, 0.6) is 0 Å². The topological polar surface area (TPSA) is 116 Å². The Kier molecular flexibility index (Phi) is 17.2. The lowest BCUT2D eigenvalue weighted by Crippen LogP contribution is -2.59. The zero-order valence-corrected chi connectivity index (χ0v) is 36.7. The second kappa shape index (κ2) is 21.4. The van der Waals surface area contributed by atoms with Gasteiger partial charge >= 0.3 is 11.9 Å². The maximum Gasteiger partial charge on any atom is 0.306 e. The highest BCUT2D eigenvalue weighted by Crippen LogP contribution is 2.54.